The van der Waals surface area contributed by atoms with E-state index < -0.39 is 5.37 Å². The Kier molecular flexibility index (Phi) is 3.86. The number of anilines is 1. The summed E-state index contributed by atoms with van der Waals surface area (Å²) in [5, 5.41) is -0.767. The average molecular weight is 226 g/mol. The van der Waals surface area contributed by atoms with E-state index in [0.29, 0.717) is 5.69 Å². The van der Waals surface area contributed by atoms with Crippen molar-refractivity contribution in [3.05, 3.63) is 29.8 Å². The van der Waals surface area contributed by atoms with E-state index in [1.54, 1.807) is 19.1 Å². The Morgan fingerprint density at radius 3 is 2.40 bits per heavy atom. The van der Waals surface area contributed by atoms with Crippen molar-refractivity contribution >= 4 is 28.6 Å². The molecule has 3 nitrogen and oxygen atoms in total. The molecule has 0 saturated heterocycles. The predicted octanol–water partition coefficient (Wildman–Crippen LogP) is 3.10. The molecule has 0 atom stereocenters. The van der Waals surface area contributed by atoms with E-state index in [0.717, 1.165) is 10.5 Å². The maximum Gasteiger partial charge on any atom is 0.327 e. The Morgan fingerprint density at radius 1 is 1.33 bits per heavy atom. The van der Waals surface area contributed by atoms with E-state index in [1.165, 1.54) is 0 Å². The zero-order valence-corrected chi connectivity index (χ0v) is 9.41. The van der Waals surface area contributed by atoms with E-state index in [2.05, 4.69) is 0 Å². The molecule has 15 heavy (non-hydrogen) atoms. The van der Waals surface area contributed by atoms with Gasteiger partial charge in [0.25, 0.3) is 0 Å². The second-order valence-corrected chi connectivity index (χ2v) is 3.45. The van der Waals surface area contributed by atoms with Gasteiger partial charge in [-0.3, -0.25) is 9.59 Å². The summed E-state index contributed by atoms with van der Waals surface area (Å²) >= 11 is 5.39. The molecule has 1 rings (SSSR count). The Bertz CT molecular complexity index is 390. The number of para-hydroxylation sites is 1. The van der Waals surface area contributed by atoms with Gasteiger partial charge >= 0.3 is 5.37 Å². The fraction of sp³-hybridized carbons (Fsp3) is 0.273. The van der Waals surface area contributed by atoms with Crippen molar-refractivity contribution in [2.75, 3.05) is 4.90 Å². The first-order valence-electron chi connectivity index (χ1n) is 4.66. The highest BCUT2D eigenvalue weighted by molar-refractivity contribution is 6.68. The minimum Gasteiger partial charge on any atom is -0.274 e. The van der Waals surface area contributed by atoms with E-state index in [9.17, 15) is 9.59 Å². The van der Waals surface area contributed by atoms with Crippen LogP contribution in [0.4, 0.5) is 10.5 Å². The molecule has 0 radical (unpaired) electrons. The highest BCUT2D eigenvalue weighted by Crippen LogP contribution is 2.21. The van der Waals surface area contributed by atoms with Gasteiger partial charge in [-0.25, -0.2) is 4.90 Å². The number of imide groups is 1. The summed E-state index contributed by atoms with van der Waals surface area (Å²) < 4.78 is 0. The average Bonchev–Trinajstić information content (AvgIpc) is 2.20. The number of hydrogen-bond acceptors (Lipinski definition) is 2. The zero-order chi connectivity index (χ0) is 11.4. The van der Waals surface area contributed by atoms with Crippen molar-refractivity contribution in [2.24, 2.45) is 0 Å². The van der Waals surface area contributed by atoms with Gasteiger partial charge in [0.05, 0.1) is 5.69 Å². The molecule has 2 amide bonds. The maximum atomic E-state index is 11.5. The third kappa shape index (κ3) is 2.57. The summed E-state index contributed by atoms with van der Waals surface area (Å²) in [4.78, 5) is 23.7. The Hall–Kier alpha value is -1.35. The van der Waals surface area contributed by atoms with Gasteiger partial charge < -0.3 is 0 Å². The lowest BCUT2D eigenvalue weighted by Crippen LogP contribution is -2.32. The minimum atomic E-state index is -0.767. The summed E-state index contributed by atoms with van der Waals surface area (Å²) in [5.41, 5.74) is 1.39. The number of carbonyl (C=O) groups excluding carboxylic acids is 2. The Labute approximate surface area is 93.6 Å². The molecular weight excluding hydrogens is 214 g/mol. The molecule has 0 bridgehead atoms. The van der Waals surface area contributed by atoms with E-state index >= 15 is 0 Å². The van der Waals surface area contributed by atoms with E-state index in [1.807, 2.05) is 19.1 Å². The number of rotatable bonds is 2. The lowest BCUT2D eigenvalue weighted by molar-refractivity contribution is -0.117. The van der Waals surface area contributed by atoms with Crippen molar-refractivity contribution in [1.29, 1.82) is 0 Å². The number of aryl methyl sites for hydroxylation is 1. The summed E-state index contributed by atoms with van der Waals surface area (Å²) in [5.74, 6) is -0.302. The molecule has 0 N–H and O–H groups in total. The summed E-state index contributed by atoms with van der Waals surface area (Å²) in [6.07, 6.45) is 0.243. The Balaban J connectivity index is 3.16. The van der Waals surface area contributed by atoms with E-state index in [4.69, 9.17) is 11.6 Å². The van der Waals surface area contributed by atoms with Crippen LogP contribution in [0.1, 0.15) is 18.9 Å². The number of nitrogens with zero attached hydrogens (tertiary/aromatic N) is 1. The lowest BCUT2D eigenvalue weighted by Gasteiger charge is -2.18. The van der Waals surface area contributed by atoms with Crippen molar-refractivity contribution in [3.8, 4) is 0 Å². The molecule has 4 heteroatoms. The Morgan fingerprint density at radius 2 is 1.93 bits per heavy atom. The summed E-state index contributed by atoms with van der Waals surface area (Å²) in [6, 6.07) is 7.12. The van der Waals surface area contributed by atoms with Gasteiger partial charge in [-0.2, -0.15) is 0 Å². The normalized spacial score (nSPS) is 9.80. The highest BCUT2D eigenvalue weighted by Gasteiger charge is 2.21. The second kappa shape index (κ2) is 4.94. The molecule has 1 aromatic carbocycles. The first-order valence-corrected chi connectivity index (χ1v) is 5.03. The number of benzene rings is 1. The summed E-state index contributed by atoms with van der Waals surface area (Å²) in [6.45, 7) is 3.51. The van der Waals surface area contributed by atoms with Gasteiger partial charge in [-0.1, -0.05) is 25.1 Å². The van der Waals surface area contributed by atoms with Gasteiger partial charge in [0.2, 0.25) is 5.91 Å². The maximum absolute atomic E-state index is 11.5. The third-order valence-corrected chi connectivity index (χ3v) is 2.25. The number of carbonyl (C=O) groups is 2. The van der Waals surface area contributed by atoms with Gasteiger partial charge in [0, 0.05) is 6.42 Å². The van der Waals surface area contributed by atoms with E-state index in [-0.39, 0.29) is 12.3 Å². The van der Waals surface area contributed by atoms with Crippen LogP contribution in [0.15, 0.2) is 24.3 Å². The van der Waals surface area contributed by atoms with Crippen molar-refractivity contribution in [1.82, 2.24) is 0 Å². The van der Waals surface area contributed by atoms with Gasteiger partial charge in [0.1, 0.15) is 0 Å². The van der Waals surface area contributed by atoms with Crippen LogP contribution in [-0.4, -0.2) is 11.3 Å². The molecule has 0 spiro atoms. The quantitative estimate of drug-likeness (QED) is 0.573. The van der Waals surface area contributed by atoms with Crippen LogP contribution < -0.4 is 4.90 Å². The zero-order valence-electron chi connectivity index (χ0n) is 8.66. The molecule has 0 aromatic heterocycles. The van der Waals surface area contributed by atoms with Crippen LogP contribution in [0.2, 0.25) is 0 Å². The van der Waals surface area contributed by atoms with Gasteiger partial charge in [-0.05, 0) is 30.2 Å². The topological polar surface area (TPSA) is 37.4 Å². The van der Waals surface area contributed by atoms with Crippen LogP contribution >= 0.6 is 11.6 Å². The minimum absolute atomic E-state index is 0.243. The van der Waals surface area contributed by atoms with Crippen molar-refractivity contribution in [2.45, 2.75) is 20.3 Å². The fourth-order valence-electron chi connectivity index (χ4n) is 1.30. The molecule has 0 saturated carbocycles. The summed E-state index contributed by atoms with van der Waals surface area (Å²) in [7, 11) is 0. The standard InChI is InChI=1S/C11H12ClNO2/c1-3-10(14)13(11(12)15)9-7-5-4-6-8(9)2/h4-7H,3H2,1-2H3. The molecule has 0 fully saturated rings. The number of halogens is 1. The predicted molar refractivity (Wildman–Crippen MR) is 60.2 cm³/mol. The fourth-order valence-corrected chi connectivity index (χ4v) is 1.48. The monoisotopic (exact) mass is 225 g/mol. The molecule has 0 aliphatic carbocycles. The van der Waals surface area contributed by atoms with Crippen molar-refractivity contribution < 1.29 is 9.59 Å². The first-order chi connectivity index (χ1) is 7.07. The third-order valence-electron chi connectivity index (χ3n) is 2.08. The highest BCUT2D eigenvalue weighted by atomic mass is 35.5. The molecular formula is C11H12ClNO2. The van der Waals surface area contributed by atoms with Gasteiger partial charge in [-0.15, -0.1) is 0 Å². The molecule has 0 aliphatic rings. The van der Waals surface area contributed by atoms with Crippen LogP contribution in [0.3, 0.4) is 0 Å². The van der Waals surface area contributed by atoms with Crippen LogP contribution in [-0.2, 0) is 4.79 Å². The molecule has 0 unspecified atom stereocenters. The van der Waals surface area contributed by atoms with Crippen LogP contribution in [0.25, 0.3) is 0 Å². The number of hydrogen-bond donors (Lipinski definition) is 0. The first kappa shape index (κ1) is 11.7. The number of amides is 2. The largest absolute Gasteiger partial charge is 0.327 e. The smallest absolute Gasteiger partial charge is 0.274 e. The lowest BCUT2D eigenvalue weighted by atomic mass is 10.2. The SMILES string of the molecule is CCC(=O)N(C(=O)Cl)c1ccccc1C. The molecule has 0 heterocycles. The molecule has 80 valence electrons. The van der Waals surface area contributed by atoms with Crippen molar-refractivity contribution in [3.63, 3.8) is 0 Å². The molecule has 0 aliphatic heterocycles. The van der Waals surface area contributed by atoms with Gasteiger partial charge in [0.15, 0.2) is 0 Å². The molecule has 1 aromatic rings. The van der Waals surface area contributed by atoms with Crippen LogP contribution in [0, 0.1) is 6.92 Å². The second-order valence-electron chi connectivity index (χ2n) is 3.12. The van der Waals surface area contributed by atoms with Crippen LogP contribution in [0.5, 0.6) is 0 Å².